The van der Waals surface area contributed by atoms with Crippen molar-refractivity contribution >= 4 is 0 Å². The topological polar surface area (TPSA) is 12.0 Å². The van der Waals surface area contributed by atoms with E-state index >= 15 is 0 Å². The Balaban J connectivity index is 2.03. The molecular formula is C13H27N. The third-order valence-corrected chi connectivity index (χ3v) is 3.51. The van der Waals surface area contributed by atoms with Crippen LogP contribution in [0, 0.1) is 5.92 Å². The average molecular weight is 197 g/mol. The Bertz CT molecular complexity index is 125. The molecule has 1 heteroatoms. The number of hydrogen-bond donors (Lipinski definition) is 1. The van der Waals surface area contributed by atoms with Crippen molar-refractivity contribution in [1.82, 2.24) is 5.32 Å². The summed E-state index contributed by atoms with van der Waals surface area (Å²) in [5.41, 5.74) is 0. The molecule has 0 bridgehead atoms. The van der Waals surface area contributed by atoms with Gasteiger partial charge in [0.1, 0.15) is 0 Å². The van der Waals surface area contributed by atoms with Crippen LogP contribution in [0.2, 0.25) is 0 Å². The van der Waals surface area contributed by atoms with Gasteiger partial charge in [-0.3, -0.25) is 0 Å². The van der Waals surface area contributed by atoms with Crippen molar-refractivity contribution in [3.05, 3.63) is 0 Å². The monoisotopic (exact) mass is 197 g/mol. The molecule has 1 aliphatic carbocycles. The molecule has 0 spiro atoms. The van der Waals surface area contributed by atoms with Crippen LogP contribution in [0.1, 0.15) is 65.2 Å². The van der Waals surface area contributed by atoms with E-state index in [1.54, 1.807) is 0 Å². The molecule has 1 rings (SSSR count). The molecule has 84 valence electrons. The molecule has 0 atom stereocenters. The first-order valence-corrected chi connectivity index (χ1v) is 6.60. The summed E-state index contributed by atoms with van der Waals surface area (Å²) < 4.78 is 0. The summed E-state index contributed by atoms with van der Waals surface area (Å²) in [6, 6.07) is 0.842. The van der Waals surface area contributed by atoms with Crippen molar-refractivity contribution in [2.24, 2.45) is 5.92 Å². The number of hydrogen-bond acceptors (Lipinski definition) is 1. The second-order valence-electron chi connectivity index (χ2n) is 4.81. The molecule has 1 fully saturated rings. The Morgan fingerprint density at radius 2 is 1.71 bits per heavy atom. The molecular weight excluding hydrogens is 170 g/mol. The lowest BCUT2D eigenvalue weighted by molar-refractivity contribution is 0.278. The zero-order chi connectivity index (χ0) is 10.2. The molecule has 0 aromatic heterocycles. The number of nitrogens with one attached hydrogen (secondary N) is 1. The molecule has 0 amide bonds. The molecule has 0 aromatic carbocycles. The Hall–Kier alpha value is -0.0400. The van der Waals surface area contributed by atoms with Crippen LogP contribution in [0.4, 0.5) is 0 Å². The first kappa shape index (κ1) is 12.0. The third kappa shape index (κ3) is 4.45. The molecule has 0 radical (unpaired) electrons. The van der Waals surface area contributed by atoms with Gasteiger partial charge < -0.3 is 5.32 Å². The van der Waals surface area contributed by atoms with Crippen LogP contribution in [0.3, 0.4) is 0 Å². The number of rotatable bonds is 6. The van der Waals surface area contributed by atoms with E-state index in [9.17, 15) is 0 Å². The Morgan fingerprint density at radius 1 is 1.00 bits per heavy atom. The maximum Gasteiger partial charge on any atom is 0.00672 e. The van der Waals surface area contributed by atoms with Gasteiger partial charge in [0.2, 0.25) is 0 Å². The molecule has 1 aliphatic rings. The van der Waals surface area contributed by atoms with Gasteiger partial charge in [-0.05, 0) is 44.6 Å². The van der Waals surface area contributed by atoms with Gasteiger partial charge in [0.25, 0.3) is 0 Å². The van der Waals surface area contributed by atoms with E-state index in [0.29, 0.717) is 0 Å². The predicted octanol–water partition coefficient (Wildman–Crippen LogP) is 3.74. The fourth-order valence-corrected chi connectivity index (χ4v) is 2.55. The molecule has 0 aromatic rings. The molecule has 1 nitrogen and oxygen atoms in total. The third-order valence-electron chi connectivity index (χ3n) is 3.51. The minimum Gasteiger partial charge on any atom is -0.314 e. The Morgan fingerprint density at radius 3 is 2.29 bits per heavy atom. The predicted molar refractivity (Wildman–Crippen MR) is 63.6 cm³/mol. The highest BCUT2D eigenvalue weighted by Crippen LogP contribution is 2.27. The van der Waals surface area contributed by atoms with Crippen LogP contribution >= 0.6 is 0 Å². The summed E-state index contributed by atoms with van der Waals surface area (Å²) in [5.74, 6) is 1.05. The van der Waals surface area contributed by atoms with Crippen molar-refractivity contribution in [2.75, 3.05) is 6.54 Å². The van der Waals surface area contributed by atoms with E-state index in [-0.39, 0.29) is 0 Å². The summed E-state index contributed by atoms with van der Waals surface area (Å²) in [7, 11) is 0. The molecule has 0 saturated heterocycles. The van der Waals surface area contributed by atoms with Gasteiger partial charge >= 0.3 is 0 Å². The largest absolute Gasteiger partial charge is 0.314 e. The van der Waals surface area contributed by atoms with Crippen molar-refractivity contribution in [3.8, 4) is 0 Å². The fraction of sp³-hybridized carbons (Fsp3) is 1.00. The van der Waals surface area contributed by atoms with Crippen LogP contribution in [0.5, 0.6) is 0 Å². The summed E-state index contributed by atoms with van der Waals surface area (Å²) in [6.45, 7) is 5.81. The van der Waals surface area contributed by atoms with Gasteiger partial charge in [-0.2, -0.15) is 0 Å². The standard InChI is InChI=1S/C13H27N/c1-3-5-11-14-13-9-7-12(6-4-2)8-10-13/h12-14H,3-11H2,1-2H3. The van der Waals surface area contributed by atoms with Gasteiger partial charge in [-0.25, -0.2) is 0 Å². The molecule has 0 unspecified atom stereocenters. The summed E-state index contributed by atoms with van der Waals surface area (Å²) in [5, 5.41) is 3.69. The first-order chi connectivity index (χ1) is 6.86. The van der Waals surface area contributed by atoms with Crippen LogP contribution < -0.4 is 5.32 Å². The van der Waals surface area contributed by atoms with Crippen LogP contribution in [-0.2, 0) is 0 Å². The minimum atomic E-state index is 0.842. The Kier molecular flexibility index (Phi) is 6.25. The molecule has 1 N–H and O–H groups in total. The van der Waals surface area contributed by atoms with E-state index in [2.05, 4.69) is 19.2 Å². The van der Waals surface area contributed by atoms with Crippen LogP contribution in [0.25, 0.3) is 0 Å². The van der Waals surface area contributed by atoms with E-state index in [1.807, 2.05) is 0 Å². The highest BCUT2D eigenvalue weighted by molar-refractivity contribution is 4.76. The van der Waals surface area contributed by atoms with E-state index < -0.39 is 0 Å². The first-order valence-electron chi connectivity index (χ1n) is 6.60. The summed E-state index contributed by atoms with van der Waals surface area (Å²) >= 11 is 0. The highest BCUT2D eigenvalue weighted by Gasteiger charge is 2.19. The molecule has 14 heavy (non-hydrogen) atoms. The van der Waals surface area contributed by atoms with E-state index in [0.717, 1.165) is 12.0 Å². The molecule has 1 saturated carbocycles. The maximum absolute atomic E-state index is 3.69. The van der Waals surface area contributed by atoms with Gasteiger partial charge in [0, 0.05) is 6.04 Å². The van der Waals surface area contributed by atoms with Gasteiger partial charge in [-0.1, -0.05) is 33.1 Å². The van der Waals surface area contributed by atoms with Gasteiger partial charge in [0.05, 0.1) is 0 Å². The highest BCUT2D eigenvalue weighted by atomic mass is 14.9. The second-order valence-corrected chi connectivity index (χ2v) is 4.81. The lowest BCUT2D eigenvalue weighted by Gasteiger charge is -2.29. The summed E-state index contributed by atoms with van der Waals surface area (Å²) in [6.07, 6.45) is 11.3. The zero-order valence-electron chi connectivity index (χ0n) is 10.0. The molecule has 0 heterocycles. The van der Waals surface area contributed by atoms with Crippen LogP contribution in [-0.4, -0.2) is 12.6 Å². The lowest BCUT2D eigenvalue weighted by atomic mass is 9.83. The van der Waals surface area contributed by atoms with Gasteiger partial charge in [-0.15, -0.1) is 0 Å². The number of unbranched alkanes of at least 4 members (excludes halogenated alkanes) is 1. The quantitative estimate of drug-likeness (QED) is 0.640. The van der Waals surface area contributed by atoms with Crippen molar-refractivity contribution in [2.45, 2.75) is 71.3 Å². The SMILES string of the molecule is CCCCNC1CCC(CCC)CC1. The maximum atomic E-state index is 3.69. The van der Waals surface area contributed by atoms with E-state index in [1.165, 1.54) is 57.9 Å². The van der Waals surface area contributed by atoms with Crippen molar-refractivity contribution in [1.29, 1.82) is 0 Å². The second kappa shape index (κ2) is 7.28. The van der Waals surface area contributed by atoms with Crippen molar-refractivity contribution < 1.29 is 0 Å². The van der Waals surface area contributed by atoms with Crippen molar-refractivity contribution in [3.63, 3.8) is 0 Å². The minimum absolute atomic E-state index is 0.842. The average Bonchev–Trinajstić information content (AvgIpc) is 2.21. The smallest absolute Gasteiger partial charge is 0.00672 e. The zero-order valence-corrected chi connectivity index (χ0v) is 10.0. The lowest BCUT2D eigenvalue weighted by Crippen LogP contribution is -2.33. The normalized spacial score (nSPS) is 27.9. The van der Waals surface area contributed by atoms with Crippen LogP contribution in [0.15, 0.2) is 0 Å². The van der Waals surface area contributed by atoms with E-state index in [4.69, 9.17) is 0 Å². The molecule has 0 aliphatic heterocycles. The summed E-state index contributed by atoms with van der Waals surface area (Å²) in [4.78, 5) is 0. The fourth-order valence-electron chi connectivity index (χ4n) is 2.55. The van der Waals surface area contributed by atoms with Gasteiger partial charge in [0.15, 0.2) is 0 Å². The Labute approximate surface area is 89.7 Å².